The van der Waals surface area contributed by atoms with Gasteiger partial charge < -0.3 is 9.84 Å². The Morgan fingerprint density at radius 3 is 3.11 bits per heavy atom. The summed E-state index contributed by atoms with van der Waals surface area (Å²) in [6, 6.07) is 10.2. The van der Waals surface area contributed by atoms with Crippen molar-refractivity contribution in [2.45, 2.75) is 5.92 Å². The fourth-order valence-corrected chi connectivity index (χ4v) is 3.02. The lowest BCUT2D eigenvalue weighted by atomic mass is 10.0. The molecule has 0 fully saturated rings. The van der Waals surface area contributed by atoms with Gasteiger partial charge in [-0.05, 0) is 23.1 Å². The minimum atomic E-state index is 0.149. The number of thiophene rings is 1. The SMILES string of the molecule is c1ccc2c(c1)NCC2c1nc(-c2ccsc2)no1. The van der Waals surface area contributed by atoms with Gasteiger partial charge in [-0.2, -0.15) is 16.3 Å². The number of nitrogens with one attached hydrogen (secondary N) is 1. The maximum absolute atomic E-state index is 5.43. The van der Waals surface area contributed by atoms with E-state index in [1.807, 2.05) is 29.0 Å². The van der Waals surface area contributed by atoms with E-state index in [1.54, 1.807) is 11.3 Å². The van der Waals surface area contributed by atoms with Gasteiger partial charge in [0.15, 0.2) is 0 Å². The summed E-state index contributed by atoms with van der Waals surface area (Å²) >= 11 is 1.63. The van der Waals surface area contributed by atoms with Crippen molar-refractivity contribution >= 4 is 17.0 Å². The van der Waals surface area contributed by atoms with Gasteiger partial charge in [-0.3, -0.25) is 0 Å². The Kier molecular flexibility index (Phi) is 2.38. The average Bonchev–Trinajstić information content (AvgIpc) is 3.18. The Labute approximate surface area is 114 Å². The Morgan fingerprint density at radius 1 is 1.26 bits per heavy atom. The molecule has 0 spiro atoms. The molecule has 1 aliphatic heterocycles. The number of fused-ring (bicyclic) bond motifs is 1. The molecule has 1 N–H and O–H groups in total. The summed E-state index contributed by atoms with van der Waals surface area (Å²) in [5.74, 6) is 1.50. The summed E-state index contributed by atoms with van der Waals surface area (Å²) in [6.45, 7) is 0.810. The monoisotopic (exact) mass is 269 g/mol. The molecule has 0 saturated carbocycles. The van der Waals surface area contributed by atoms with Crippen LogP contribution in [-0.4, -0.2) is 16.7 Å². The van der Waals surface area contributed by atoms with Gasteiger partial charge in [-0.15, -0.1) is 0 Å². The number of hydrogen-bond acceptors (Lipinski definition) is 5. The topological polar surface area (TPSA) is 51.0 Å². The number of aromatic nitrogens is 2. The lowest BCUT2D eigenvalue weighted by Crippen LogP contribution is -2.03. The normalized spacial score (nSPS) is 17.2. The predicted octanol–water partition coefficient (Wildman–Crippen LogP) is 3.36. The van der Waals surface area contributed by atoms with E-state index < -0.39 is 0 Å². The minimum absolute atomic E-state index is 0.149. The van der Waals surface area contributed by atoms with Crippen LogP contribution in [0.25, 0.3) is 11.4 Å². The lowest BCUT2D eigenvalue weighted by molar-refractivity contribution is 0.371. The van der Waals surface area contributed by atoms with Crippen LogP contribution >= 0.6 is 11.3 Å². The summed E-state index contributed by atoms with van der Waals surface area (Å²) < 4.78 is 5.43. The molecule has 4 nitrogen and oxygen atoms in total. The van der Waals surface area contributed by atoms with Gasteiger partial charge in [0.05, 0.1) is 5.92 Å². The lowest BCUT2D eigenvalue weighted by Gasteiger charge is -2.02. The molecule has 3 aromatic rings. The number of nitrogens with zero attached hydrogens (tertiary/aromatic N) is 2. The van der Waals surface area contributed by atoms with Crippen LogP contribution in [0.4, 0.5) is 5.69 Å². The first-order valence-corrected chi connectivity index (χ1v) is 7.05. The van der Waals surface area contributed by atoms with Crippen molar-refractivity contribution in [2.24, 2.45) is 0 Å². The summed E-state index contributed by atoms with van der Waals surface area (Å²) in [5.41, 5.74) is 3.39. The molecule has 1 atom stereocenters. The predicted molar refractivity (Wildman–Crippen MR) is 74.4 cm³/mol. The first-order chi connectivity index (χ1) is 9.42. The van der Waals surface area contributed by atoms with Crippen LogP contribution in [0.3, 0.4) is 0 Å². The van der Waals surface area contributed by atoms with E-state index in [1.165, 1.54) is 5.56 Å². The maximum Gasteiger partial charge on any atom is 0.236 e. The molecule has 0 amide bonds. The molecule has 1 aromatic carbocycles. The highest BCUT2D eigenvalue weighted by atomic mass is 32.1. The zero-order valence-electron chi connectivity index (χ0n) is 10.0. The van der Waals surface area contributed by atoms with Gasteiger partial charge >= 0.3 is 0 Å². The standard InChI is InChI=1S/C14H11N3OS/c1-2-4-12-10(3-1)11(7-15-12)14-16-13(17-18-14)9-5-6-19-8-9/h1-6,8,11,15H,7H2. The molecule has 1 aliphatic rings. The Bertz CT molecular complexity index is 705. The van der Waals surface area contributed by atoms with Crippen molar-refractivity contribution in [1.29, 1.82) is 0 Å². The largest absolute Gasteiger partial charge is 0.384 e. The molecule has 0 radical (unpaired) electrons. The maximum atomic E-state index is 5.43. The fraction of sp³-hybridized carbons (Fsp3) is 0.143. The Balaban J connectivity index is 1.71. The van der Waals surface area contributed by atoms with Crippen LogP contribution in [0.15, 0.2) is 45.6 Å². The van der Waals surface area contributed by atoms with Crippen LogP contribution in [0.2, 0.25) is 0 Å². The van der Waals surface area contributed by atoms with E-state index in [9.17, 15) is 0 Å². The summed E-state index contributed by atoms with van der Waals surface area (Å²) in [5, 5.41) is 11.5. The molecule has 4 rings (SSSR count). The smallest absolute Gasteiger partial charge is 0.236 e. The van der Waals surface area contributed by atoms with E-state index >= 15 is 0 Å². The van der Waals surface area contributed by atoms with Gasteiger partial charge in [-0.1, -0.05) is 23.4 Å². The highest BCUT2D eigenvalue weighted by molar-refractivity contribution is 7.08. The molecule has 0 saturated heterocycles. The van der Waals surface area contributed by atoms with Crippen molar-refractivity contribution in [3.8, 4) is 11.4 Å². The van der Waals surface area contributed by atoms with E-state index in [4.69, 9.17) is 4.52 Å². The zero-order chi connectivity index (χ0) is 12.7. The molecule has 1 unspecified atom stereocenters. The summed E-state index contributed by atoms with van der Waals surface area (Å²) in [6.07, 6.45) is 0. The number of para-hydroxylation sites is 1. The van der Waals surface area contributed by atoms with Crippen molar-refractivity contribution in [1.82, 2.24) is 10.1 Å². The van der Waals surface area contributed by atoms with Crippen molar-refractivity contribution < 1.29 is 4.52 Å². The third-order valence-electron chi connectivity index (χ3n) is 3.35. The second-order valence-corrected chi connectivity index (χ2v) is 5.27. The van der Waals surface area contributed by atoms with Gasteiger partial charge in [0.2, 0.25) is 11.7 Å². The van der Waals surface area contributed by atoms with Crippen molar-refractivity contribution in [2.75, 3.05) is 11.9 Å². The second-order valence-electron chi connectivity index (χ2n) is 4.49. The first-order valence-electron chi connectivity index (χ1n) is 6.11. The van der Waals surface area contributed by atoms with E-state index in [-0.39, 0.29) is 5.92 Å². The Morgan fingerprint density at radius 2 is 2.21 bits per heavy atom. The van der Waals surface area contributed by atoms with Crippen LogP contribution in [-0.2, 0) is 0 Å². The molecule has 3 heterocycles. The van der Waals surface area contributed by atoms with Crippen LogP contribution in [0, 0.1) is 0 Å². The van der Waals surface area contributed by atoms with Gasteiger partial charge in [0.1, 0.15) is 0 Å². The minimum Gasteiger partial charge on any atom is -0.384 e. The van der Waals surface area contributed by atoms with E-state index in [0.29, 0.717) is 11.7 Å². The van der Waals surface area contributed by atoms with Gasteiger partial charge in [0, 0.05) is 23.2 Å². The highest BCUT2D eigenvalue weighted by Crippen LogP contribution is 2.35. The third kappa shape index (κ3) is 1.74. The quantitative estimate of drug-likeness (QED) is 0.775. The number of benzene rings is 1. The molecular formula is C14H11N3OS. The van der Waals surface area contributed by atoms with Crippen LogP contribution in [0.1, 0.15) is 17.4 Å². The van der Waals surface area contributed by atoms with Crippen LogP contribution in [0.5, 0.6) is 0 Å². The van der Waals surface area contributed by atoms with E-state index in [2.05, 4.69) is 27.6 Å². The summed E-state index contributed by atoms with van der Waals surface area (Å²) in [4.78, 5) is 4.52. The molecule has 19 heavy (non-hydrogen) atoms. The number of hydrogen-bond donors (Lipinski definition) is 1. The van der Waals surface area contributed by atoms with Crippen molar-refractivity contribution in [3.63, 3.8) is 0 Å². The molecule has 2 aromatic heterocycles. The van der Waals surface area contributed by atoms with Gasteiger partial charge in [-0.25, -0.2) is 0 Å². The average molecular weight is 269 g/mol. The van der Waals surface area contributed by atoms with Gasteiger partial charge in [0.25, 0.3) is 0 Å². The number of rotatable bonds is 2. The molecule has 5 heteroatoms. The molecule has 94 valence electrons. The molecule has 0 aliphatic carbocycles. The first kappa shape index (κ1) is 10.8. The second kappa shape index (κ2) is 4.20. The zero-order valence-corrected chi connectivity index (χ0v) is 10.9. The molecule has 0 bridgehead atoms. The fourth-order valence-electron chi connectivity index (χ4n) is 2.39. The third-order valence-corrected chi connectivity index (χ3v) is 4.04. The van der Waals surface area contributed by atoms with Crippen LogP contribution < -0.4 is 5.32 Å². The number of anilines is 1. The van der Waals surface area contributed by atoms with Crippen molar-refractivity contribution in [3.05, 3.63) is 52.5 Å². The summed E-state index contributed by atoms with van der Waals surface area (Å²) in [7, 11) is 0. The highest BCUT2D eigenvalue weighted by Gasteiger charge is 2.28. The van der Waals surface area contributed by atoms with E-state index in [0.717, 1.165) is 17.8 Å². The Hall–Kier alpha value is -2.14. The molecular weight excluding hydrogens is 258 g/mol.